The van der Waals surface area contributed by atoms with Crippen molar-refractivity contribution < 1.29 is 5.11 Å². The Morgan fingerprint density at radius 2 is 1.63 bits per heavy atom. The summed E-state index contributed by atoms with van der Waals surface area (Å²) in [4.78, 5) is 2.39. The van der Waals surface area contributed by atoms with E-state index in [4.69, 9.17) is 0 Å². The highest BCUT2D eigenvalue weighted by Gasteiger charge is 2.26. The third-order valence-corrected chi connectivity index (χ3v) is 4.64. The summed E-state index contributed by atoms with van der Waals surface area (Å²) in [5, 5.41) is 10.5. The van der Waals surface area contributed by atoms with E-state index in [1.165, 1.54) is 38.5 Å². The van der Waals surface area contributed by atoms with E-state index in [0.29, 0.717) is 6.04 Å². The summed E-state index contributed by atoms with van der Waals surface area (Å²) in [5.74, 6) is 0. The molecule has 1 aliphatic carbocycles. The lowest BCUT2D eigenvalue weighted by Crippen LogP contribution is -2.41. The highest BCUT2D eigenvalue weighted by atomic mass is 16.3. The van der Waals surface area contributed by atoms with Crippen molar-refractivity contribution in [3.05, 3.63) is 35.9 Å². The van der Waals surface area contributed by atoms with Crippen LogP contribution < -0.4 is 0 Å². The molecule has 2 heteroatoms. The van der Waals surface area contributed by atoms with E-state index in [9.17, 15) is 5.11 Å². The van der Waals surface area contributed by atoms with Crippen molar-refractivity contribution in [3.8, 4) is 0 Å². The van der Waals surface area contributed by atoms with Gasteiger partial charge in [0.2, 0.25) is 0 Å². The van der Waals surface area contributed by atoms with Crippen LogP contribution >= 0.6 is 0 Å². The van der Waals surface area contributed by atoms with E-state index in [1.54, 1.807) is 0 Å². The minimum absolute atomic E-state index is 0.172. The van der Waals surface area contributed by atoms with Crippen molar-refractivity contribution >= 4 is 0 Å². The molecule has 0 radical (unpaired) electrons. The molecule has 0 bridgehead atoms. The molecule has 0 aromatic heterocycles. The minimum atomic E-state index is -0.394. The van der Waals surface area contributed by atoms with Crippen molar-refractivity contribution in [1.82, 2.24) is 4.90 Å². The average Bonchev–Trinajstić information content (AvgIpc) is 2.75. The molecule has 1 aromatic rings. The molecule has 2 nitrogen and oxygen atoms in total. The molecule has 0 amide bonds. The van der Waals surface area contributed by atoms with Gasteiger partial charge < -0.3 is 5.11 Å². The van der Waals surface area contributed by atoms with Gasteiger partial charge in [-0.05, 0) is 32.4 Å². The van der Waals surface area contributed by atoms with Crippen LogP contribution in [0.25, 0.3) is 0 Å². The highest BCUT2D eigenvalue weighted by molar-refractivity contribution is 5.18. The maximum Gasteiger partial charge on any atom is 0.0942 e. The molecule has 1 aliphatic rings. The van der Waals surface area contributed by atoms with Gasteiger partial charge in [0.25, 0.3) is 0 Å². The van der Waals surface area contributed by atoms with Gasteiger partial charge in [-0.3, -0.25) is 4.90 Å². The van der Waals surface area contributed by atoms with Crippen LogP contribution in [-0.2, 0) is 0 Å². The predicted molar refractivity (Wildman–Crippen MR) is 80.1 cm³/mol. The van der Waals surface area contributed by atoms with Crippen LogP contribution in [0.1, 0.15) is 57.1 Å². The molecule has 2 unspecified atom stereocenters. The Kier molecular flexibility index (Phi) is 5.41. The number of hydrogen-bond donors (Lipinski definition) is 1. The highest BCUT2D eigenvalue weighted by Crippen LogP contribution is 2.27. The first-order valence-corrected chi connectivity index (χ1v) is 7.65. The normalized spacial score (nSPS) is 21.1. The van der Waals surface area contributed by atoms with Crippen molar-refractivity contribution in [2.75, 3.05) is 7.05 Å². The van der Waals surface area contributed by atoms with Crippen molar-refractivity contribution in [2.45, 2.75) is 63.6 Å². The smallest absolute Gasteiger partial charge is 0.0942 e. The zero-order valence-electron chi connectivity index (χ0n) is 12.3. The van der Waals surface area contributed by atoms with E-state index >= 15 is 0 Å². The van der Waals surface area contributed by atoms with Gasteiger partial charge in [0.1, 0.15) is 0 Å². The lowest BCUT2D eigenvalue weighted by Gasteiger charge is -2.35. The van der Waals surface area contributed by atoms with Gasteiger partial charge in [0.05, 0.1) is 6.10 Å². The van der Waals surface area contributed by atoms with Crippen LogP contribution in [-0.4, -0.2) is 29.1 Å². The van der Waals surface area contributed by atoms with Crippen LogP contribution in [0.15, 0.2) is 30.3 Å². The summed E-state index contributed by atoms with van der Waals surface area (Å²) in [6.07, 6.45) is 7.59. The lowest BCUT2D eigenvalue weighted by atomic mass is 9.99. The summed E-state index contributed by atoms with van der Waals surface area (Å²) >= 11 is 0. The lowest BCUT2D eigenvalue weighted by molar-refractivity contribution is 0.0449. The topological polar surface area (TPSA) is 23.5 Å². The fraction of sp³-hybridized carbons (Fsp3) is 0.647. The third kappa shape index (κ3) is 3.80. The molecular weight excluding hydrogens is 234 g/mol. The second kappa shape index (κ2) is 7.06. The van der Waals surface area contributed by atoms with E-state index in [1.807, 2.05) is 30.3 Å². The van der Waals surface area contributed by atoms with Gasteiger partial charge in [-0.15, -0.1) is 0 Å². The van der Waals surface area contributed by atoms with Gasteiger partial charge in [0, 0.05) is 12.1 Å². The van der Waals surface area contributed by atoms with Crippen LogP contribution in [0.2, 0.25) is 0 Å². The number of likely N-dealkylation sites (N-methyl/N-ethyl adjacent to an activating group) is 1. The second-order valence-corrected chi connectivity index (χ2v) is 5.91. The molecule has 1 saturated carbocycles. The molecule has 0 aliphatic heterocycles. The molecule has 0 saturated heterocycles. The first-order valence-electron chi connectivity index (χ1n) is 7.65. The van der Waals surface area contributed by atoms with Crippen LogP contribution in [0.4, 0.5) is 0 Å². The van der Waals surface area contributed by atoms with Crippen molar-refractivity contribution in [3.63, 3.8) is 0 Å². The maximum atomic E-state index is 10.5. The molecule has 0 spiro atoms. The Balaban J connectivity index is 1.99. The molecule has 0 heterocycles. The Labute approximate surface area is 117 Å². The summed E-state index contributed by atoms with van der Waals surface area (Å²) in [6, 6.07) is 10.8. The predicted octanol–water partition coefficient (Wildman–Crippen LogP) is 3.76. The molecule has 1 fully saturated rings. The first-order chi connectivity index (χ1) is 9.20. The molecule has 2 atom stereocenters. The van der Waals surface area contributed by atoms with Crippen molar-refractivity contribution in [2.24, 2.45) is 0 Å². The summed E-state index contributed by atoms with van der Waals surface area (Å²) in [5.41, 5.74) is 1.02. The zero-order chi connectivity index (χ0) is 13.7. The van der Waals surface area contributed by atoms with Crippen LogP contribution in [0.5, 0.6) is 0 Å². The zero-order valence-corrected chi connectivity index (χ0v) is 12.3. The molecule has 106 valence electrons. The summed E-state index contributed by atoms with van der Waals surface area (Å²) in [6.45, 7) is 2.14. The number of nitrogens with zero attached hydrogens (tertiary/aromatic N) is 1. The monoisotopic (exact) mass is 261 g/mol. The molecule has 1 N–H and O–H groups in total. The maximum absolute atomic E-state index is 10.5. The van der Waals surface area contributed by atoms with Gasteiger partial charge in [-0.25, -0.2) is 0 Å². The van der Waals surface area contributed by atoms with Gasteiger partial charge >= 0.3 is 0 Å². The SMILES string of the molecule is CC(C(O)c1ccccc1)N(C)C1CCCCCC1. The van der Waals surface area contributed by atoms with Crippen LogP contribution in [0, 0.1) is 0 Å². The van der Waals surface area contributed by atoms with Gasteiger partial charge in [-0.2, -0.15) is 0 Å². The summed E-state index contributed by atoms with van der Waals surface area (Å²) < 4.78 is 0. The molecule has 1 aromatic carbocycles. The Bertz CT molecular complexity index is 357. The van der Waals surface area contributed by atoms with E-state index in [-0.39, 0.29) is 6.04 Å². The van der Waals surface area contributed by atoms with E-state index < -0.39 is 6.10 Å². The number of aliphatic hydroxyl groups is 1. The Morgan fingerprint density at radius 1 is 1.05 bits per heavy atom. The van der Waals surface area contributed by atoms with Gasteiger partial charge in [0.15, 0.2) is 0 Å². The number of hydrogen-bond acceptors (Lipinski definition) is 2. The fourth-order valence-electron chi connectivity index (χ4n) is 3.15. The Morgan fingerprint density at radius 3 is 2.21 bits per heavy atom. The Hall–Kier alpha value is -0.860. The largest absolute Gasteiger partial charge is 0.387 e. The number of benzene rings is 1. The summed E-state index contributed by atoms with van der Waals surface area (Å²) in [7, 11) is 2.17. The van der Waals surface area contributed by atoms with Crippen molar-refractivity contribution in [1.29, 1.82) is 0 Å². The van der Waals surface area contributed by atoms with Gasteiger partial charge in [-0.1, -0.05) is 56.0 Å². The second-order valence-electron chi connectivity index (χ2n) is 5.91. The molecular formula is C17H27NO. The number of aliphatic hydroxyl groups excluding tert-OH is 1. The molecule has 19 heavy (non-hydrogen) atoms. The first kappa shape index (κ1) is 14.5. The third-order valence-electron chi connectivity index (χ3n) is 4.64. The quantitative estimate of drug-likeness (QED) is 0.834. The standard InChI is InChI=1S/C17H27NO/c1-14(17(19)15-10-6-5-7-11-15)18(2)16-12-8-3-4-9-13-16/h5-7,10-11,14,16-17,19H,3-4,8-9,12-13H2,1-2H3. The van der Waals surface area contributed by atoms with Crippen LogP contribution in [0.3, 0.4) is 0 Å². The molecule has 2 rings (SSSR count). The average molecular weight is 261 g/mol. The number of rotatable bonds is 4. The van der Waals surface area contributed by atoms with E-state index in [0.717, 1.165) is 5.56 Å². The fourth-order valence-corrected chi connectivity index (χ4v) is 3.15. The minimum Gasteiger partial charge on any atom is -0.387 e. The van der Waals surface area contributed by atoms with E-state index in [2.05, 4.69) is 18.9 Å².